The van der Waals surface area contributed by atoms with Gasteiger partial charge in [0.25, 0.3) is 0 Å². The Balaban J connectivity index is 2.16. The molecule has 1 N–H and O–H groups in total. The minimum Gasteiger partial charge on any atom is -0.453 e. The number of anilines is 2. The van der Waals surface area contributed by atoms with Crippen molar-refractivity contribution in [3.8, 4) is 11.5 Å². The van der Waals surface area contributed by atoms with Crippen molar-refractivity contribution in [2.24, 2.45) is 0 Å². The molecule has 3 heteroatoms. The van der Waals surface area contributed by atoms with Gasteiger partial charge in [-0.15, -0.1) is 0 Å². The fourth-order valence-corrected chi connectivity index (χ4v) is 2.13. The molecule has 0 aliphatic carbocycles. The molecule has 3 nitrogen and oxygen atoms in total. The molecule has 0 unspecified atom stereocenters. The van der Waals surface area contributed by atoms with Gasteiger partial charge in [0.2, 0.25) is 5.43 Å². The second kappa shape index (κ2) is 4.43. The molecular weight excluding hydrogens is 238 g/mol. The van der Waals surface area contributed by atoms with Crippen LogP contribution in [0.25, 0.3) is 0 Å². The quantitative estimate of drug-likeness (QED) is 0.711. The molecule has 96 valence electrons. The third-order valence-electron chi connectivity index (χ3n) is 3.25. The molecule has 0 saturated heterocycles. The van der Waals surface area contributed by atoms with Crippen LogP contribution in [-0.2, 0) is 0 Å². The van der Waals surface area contributed by atoms with Gasteiger partial charge in [-0.1, -0.05) is 32.0 Å². The Morgan fingerprint density at radius 2 is 1.84 bits per heavy atom. The fraction of sp³-hybridized carbons (Fsp3) is 0.188. The van der Waals surface area contributed by atoms with E-state index in [2.05, 4.69) is 19.2 Å². The van der Waals surface area contributed by atoms with Crippen molar-refractivity contribution in [2.75, 3.05) is 5.32 Å². The van der Waals surface area contributed by atoms with Crippen LogP contribution in [0.2, 0.25) is 0 Å². The summed E-state index contributed by atoms with van der Waals surface area (Å²) in [6.07, 6.45) is 0. The molecule has 19 heavy (non-hydrogen) atoms. The minimum atomic E-state index is -0.0433. The molecule has 2 aromatic carbocycles. The molecule has 1 aliphatic heterocycles. The van der Waals surface area contributed by atoms with Crippen LogP contribution in [0.15, 0.2) is 47.3 Å². The number of para-hydroxylation sites is 2. The number of ether oxygens (including phenoxy) is 1. The van der Waals surface area contributed by atoms with Crippen molar-refractivity contribution in [2.45, 2.75) is 19.8 Å². The van der Waals surface area contributed by atoms with Crippen LogP contribution in [0.1, 0.15) is 25.3 Å². The van der Waals surface area contributed by atoms with Crippen LogP contribution in [0.3, 0.4) is 0 Å². The first-order valence-electron chi connectivity index (χ1n) is 6.37. The molecular formula is C16H15NO2. The number of nitrogens with one attached hydrogen (secondary N) is 1. The average molecular weight is 253 g/mol. The second-order valence-electron chi connectivity index (χ2n) is 4.96. The number of hydrogen-bond donors (Lipinski definition) is 1. The third kappa shape index (κ3) is 2.08. The van der Waals surface area contributed by atoms with Gasteiger partial charge in [0.15, 0.2) is 11.5 Å². The molecule has 0 bridgehead atoms. The summed E-state index contributed by atoms with van der Waals surface area (Å²) in [4.78, 5) is 12.3. The molecule has 1 heterocycles. The highest BCUT2D eigenvalue weighted by molar-refractivity contribution is 5.74. The summed E-state index contributed by atoms with van der Waals surface area (Å²) in [5.74, 6) is 1.63. The van der Waals surface area contributed by atoms with Crippen molar-refractivity contribution in [3.63, 3.8) is 0 Å². The van der Waals surface area contributed by atoms with Gasteiger partial charge in [-0.25, -0.2) is 0 Å². The van der Waals surface area contributed by atoms with Crippen LogP contribution < -0.4 is 15.5 Å². The van der Waals surface area contributed by atoms with Gasteiger partial charge in [-0.3, -0.25) is 4.79 Å². The van der Waals surface area contributed by atoms with Crippen molar-refractivity contribution >= 4 is 11.4 Å². The molecule has 3 rings (SSSR count). The molecule has 0 atom stereocenters. The first kappa shape index (κ1) is 11.8. The Labute approximate surface area is 111 Å². The summed E-state index contributed by atoms with van der Waals surface area (Å²) in [7, 11) is 0. The molecule has 0 fully saturated rings. The van der Waals surface area contributed by atoms with E-state index < -0.39 is 0 Å². The Morgan fingerprint density at radius 1 is 1.05 bits per heavy atom. The molecule has 0 spiro atoms. The maximum Gasteiger partial charge on any atom is 0.206 e. The zero-order valence-corrected chi connectivity index (χ0v) is 10.9. The summed E-state index contributed by atoms with van der Waals surface area (Å²) in [6.45, 7) is 4.13. The Bertz CT molecular complexity index is 692. The maximum atomic E-state index is 12.3. The zero-order chi connectivity index (χ0) is 13.4. The summed E-state index contributed by atoms with van der Waals surface area (Å²) in [5, 5.41) is 3.16. The maximum absolute atomic E-state index is 12.3. The van der Waals surface area contributed by atoms with Gasteiger partial charge in [-0.2, -0.15) is 0 Å². The Hall–Kier alpha value is -2.29. The number of fused-ring (bicyclic) bond motifs is 2. The van der Waals surface area contributed by atoms with Crippen molar-refractivity contribution < 1.29 is 4.74 Å². The smallest absolute Gasteiger partial charge is 0.206 e. The largest absolute Gasteiger partial charge is 0.453 e. The van der Waals surface area contributed by atoms with E-state index in [0.29, 0.717) is 17.4 Å². The Kier molecular flexibility index (Phi) is 2.75. The lowest BCUT2D eigenvalue weighted by molar-refractivity contribution is 0.481. The lowest BCUT2D eigenvalue weighted by Crippen LogP contribution is -2.10. The molecule has 2 aromatic rings. The van der Waals surface area contributed by atoms with E-state index in [-0.39, 0.29) is 5.43 Å². The van der Waals surface area contributed by atoms with E-state index in [1.54, 1.807) is 6.07 Å². The first-order valence-corrected chi connectivity index (χ1v) is 6.37. The fourth-order valence-electron chi connectivity index (χ4n) is 2.13. The van der Waals surface area contributed by atoms with Gasteiger partial charge in [0, 0.05) is 0 Å². The Morgan fingerprint density at radius 3 is 2.63 bits per heavy atom. The normalized spacial score (nSPS) is 12.2. The highest BCUT2D eigenvalue weighted by Crippen LogP contribution is 2.39. The van der Waals surface area contributed by atoms with Crippen molar-refractivity contribution in [3.05, 3.63) is 58.3 Å². The van der Waals surface area contributed by atoms with Gasteiger partial charge in [0.05, 0.1) is 5.69 Å². The zero-order valence-electron chi connectivity index (χ0n) is 10.9. The van der Waals surface area contributed by atoms with E-state index in [4.69, 9.17) is 4.74 Å². The van der Waals surface area contributed by atoms with Crippen LogP contribution in [0.4, 0.5) is 11.4 Å². The second-order valence-corrected chi connectivity index (χ2v) is 4.96. The molecule has 1 aliphatic rings. The lowest BCUT2D eigenvalue weighted by Gasteiger charge is -2.19. The SMILES string of the molecule is CC(C)c1ccc2c(c(=O)c1)Nc1ccccc1O2. The van der Waals surface area contributed by atoms with Crippen LogP contribution in [0.5, 0.6) is 11.5 Å². The van der Waals surface area contributed by atoms with Gasteiger partial charge in [-0.05, 0) is 35.7 Å². The summed E-state index contributed by atoms with van der Waals surface area (Å²) < 4.78 is 5.79. The summed E-state index contributed by atoms with van der Waals surface area (Å²) in [6, 6.07) is 13.1. The monoisotopic (exact) mass is 253 g/mol. The number of benzene rings is 1. The third-order valence-corrected chi connectivity index (χ3v) is 3.25. The average Bonchev–Trinajstić information content (AvgIpc) is 2.56. The van der Waals surface area contributed by atoms with E-state index in [0.717, 1.165) is 17.0 Å². The van der Waals surface area contributed by atoms with Crippen LogP contribution >= 0.6 is 0 Å². The minimum absolute atomic E-state index is 0.0433. The molecule has 0 saturated carbocycles. The predicted molar refractivity (Wildman–Crippen MR) is 76.6 cm³/mol. The standard InChI is InChI=1S/C16H15NO2/c1-10(2)11-7-8-15-16(13(18)9-11)17-12-5-3-4-6-14(12)19-15/h3-10,17H,1-2H3. The lowest BCUT2D eigenvalue weighted by atomic mass is 10.1. The topological polar surface area (TPSA) is 38.3 Å². The van der Waals surface area contributed by atoms with Crippen LogP contribution in [-0.4, -0.2) is 0 Å². The van der Waals surface area contributed by atoms with E-state index >= 15 is 0 Å². The summed E-state index contributed by atoms with van der Waals surface area (Å²) in [5.41, 5.74) is 2.29. The van der Waals surface area contributed by atoms with Crippen LogP contribution in [0, 0.1) is 0 Å². The molecule has 0 amide bonds. The van der Waals surface area contributed by atoms with E-state index in [1.807, 2.05) is 36.4 Å². The van der Waals surface area contributed by atoms with Crippen molar-refractivity contribution in [1.29, 1.82) is 0 Å². The van der Waals surface area contributed by atoms with Gasteiger partial charge < -0.3 is 10.1 Å². The number of hydrogen-bond acceptors (Lipinski definition) is 3. The highest BCUT2D eigenvalue weighted by atomic mass is 16.5. The van der Waals surface area contributed by atoms with E-state index in [9.17, 15) is 4.79 Å². The summed E-state index contributed by atoms with van der Waals surface area (Å²) >= 11 is 0. The first-order chi connectivity index (χ1) is 9.15. The van der Waals surface area contributed by atoms with Gasteiger partial charge in [0.1, 0.15) is 5.69 Å². The molecule has 0 aromatic heterocycles. The molecule has 0 radical (unpaired) electrons. The van der Waals surface area contributed by atoms with E-state index in [1.165, 1.54) is 0 Å². The van der Waals surface area contributed by atoms with Gasteiger partial charge >= 0.3 is 0 Å². The van der Waals surface area contributed by atoms with Crippen molar-refractivity contribution in [1.82, 2.24) is 0 Å². The number of rotatable bonds is 1. The predicted octanol–water partition coefficient (Wildman–Crippen LogP) is 4.02. The highest BCUT2D eigenvalue weighted by Gasteiger charge is 2.17.